The van der Waals surface area contributed by atoms with Crippen molar-refractivity contribution in [2.24, 2.45) is 17.4 Å². The molecule has 0 aliphatic heterocycles. The molecule has 1 aromatic carbocycles. The van der Waals surface area contributed by atoms with Gasteiger partial charge in [-0.1, -0.05) is 45.4 Å². The van der Waals surface area contributed by atoms with Gasteiger partial charge in [0.25, 0.3) is 0 Å². The number of hydrogen-bond acceptors (Lipinski definition) is 9. The minimum atomic E-state index is -1.25. The molecule has 11 N–H and O–H groups in total. The Bertz CT molecular complexity index is 1260. The molecule has 274 valence electrons. The number of nitrogens with one attached hydrogen (secondary N) is 5. The van der Waals surface area contributed by atoms with Gasteiger partial charge >= 0.3 is 5.97 Å². The van der Waals surface area contributed by atoms with Gasteiger partial charge in [-0.2, -0.15) is 0 Å². The van der Waals surface area contributed by atoms with E-state index in [9.17, 15) is 39.0 Å². The Morgan fingerprint density at radius 1 is 0.755 bits per heavy atom. The molecular formula is C34H55N7O8. The van der Waals surface area contributed by atoms with Crippen LogP contribution in [-0.2, 0) is 35.2 Å². The molecular weight excluding hydrogens is 634 g/mol. The highest BCUT2D eigenvalue weighted by Gasteiger charge is 2.32. The van der Waals surface area contributed by atoms with Crippen LogP contribution in [0, 0.1) is 5.92 Å². The van der Waals surface area contributed by atoms with Crippen molar-refractivity contribution in [1.29, 1.82) is 0 Å². The number of carboxylic acids is 1. The van der Waals surface area contributed by atoms with Gasteiger partial charge in [0.15, 0.2) is 0 Å². The number of aliphatic carboxylic acids is 1. The average Bonchev–Trinajstić information content (AvgIpc) is 3.03. The highest BCUT2D eigenvalue weighted by Crippen LogP contribution is 2.13. The van der Waals surface area contributed by atoms with Crippen molar-refractivity contribution in [1.82, 2.24) is 26.6 Å². The second kappa shape index (κ2) is 22.2. The molecule has 0 heterocycles. The van der Waals surface area contributed by atoms with Gasteiger partial charge in [-0.25, -0.2) is 4.79 Å². The number of nitrogens with two attached hydrogens (primary N) is 2. The highest BCUT2D eigenvalue weighted by molar-refractivity contribution is 5.96. The summed E-state index contributed by atoms with van der Waals surface area (Å²) in [5.41, 5.74) is 11.9. The molecule has 0 saturated heterocycles. The fraction of sp³-hybridized carbons (Fsp3) is 0.588. The normalized spacial score (nSPS) is 14.7. The van der Waals surface area contributed by atoms with Gasteiger partial charge in [0, 0.05) is 6.42 Å². The molecule has 0 aromatic heterocycles. The molecule has 0 aliphatic rings. The zero-order valence-electron chi connectivity index (χ0n) is 29.0. The number of unbranched alkanes of at least 4 members (excludes halogenated alkanes) is 1. The van der Waals surface area contributed by atoms with E-state index in [1.807, 2.05) is 20.8 Å². The summed E-state index contributed by atoms with van der Waals surface area (Å²) in [4.78, 5) is 78.0. The Kier molecular flexibility index (Phi) is 19.3. The Balaban J connectivity index is 3.27. The van der Waals surface area contributed by atoms with Crippen LogP contribution in [0.25, 0.3) is 0 Å². The third-order valence-electron chi connectivity index (χ3n) is 7.57. The lowest BCUT2D eigenvalue weighted by Crippen LogP contribution is -2.59. The van der Waals surface area contributed by atoms with Crippen LogP contribution in [0.2, 0.25) is 0 Å². The second-order valence-corrected chi connectivity index (χ2v) is 12.5. The lowest BCUT2D eigenvalue weighted by atomic mass is 10.0. The van der Waals surface area contributed by atoms with Crippen LogP contribution >= 0.6 is 0 Å². The third kappa shape index (κ3) is 16.0. The summed E-state index contributed by atoms with van der Waals surface area (Å²) < 4.78 is 0. The number of carbonyl (C=O) groups excluding carboxylic acids is 5. The van der Waals surface area contributed by atoms with Crippen molar-refractivity contribution in [3.63, 3.8) is 0 Å². The molecule has 15 nitrogen and oxygen atoms in total. The van der Waals surface area contributed by atoms with E-state index in [-0.39, 0.29) is 37.4 Å². The van der Waals surface area contributed by atoms with E-state index in [1.54, 1.807) is 12.1 Å². The molecule has 1 aromatic rings. The molecule has 0 unspecified atom stereocenters. The Labute approximate surface area is 288 Å². The summed E-state index contributed by atoms with van der Waals surface area (Å²) in [6.07, 6.45) is 3.57. The van der Waals surface area contributed by atoms with E-state index in [0.29, 0.717) is 37.8 Å². The minimum Gasteiger partial charge on any atom is -0.508 e. The number of phenolic OH excluding ortho intramolecular Hbond substituents is 1. The minimum absolute atomic E-state index is 0.00383. The lowest BCUT2D eigenvalue weighted by molar-refractivity contribution is -0.142. The van der Waals surface area contributed by atoms with E-state index in [2.05, 4.69) is 33.2 Å². The van der Waals surface area contributed by atoms with Crippen molar-refractivity contribution in [3.05, 3.63) is 42.5 Å². The van der Waals surface area contributed by atoms with E-state index >= 15 is 0 Å². The van der Waals surface area contributed by atoms with Gasteiger partial charge < -0.3 is 48.3 Å². The summed E-state index contributed by atoms with van der Waals surface area (Å²) in [5.74, 6) is -4.56. The standard InChI is InChI=1S/C34H55N7O8/c1-6-10-24(37-29(43)21(5)36)30(44)39-26(12-8-9-17-35)32(46)38-25(11-7-2)31(45)40-27(19-22-13-15-23(42)16-14-22)33(47)41-28(34(48)49)18-20(3)4/h7,13-16,20-21,24-28,42H,2,6,8-12,17-19,35-36H2,1,3-5H3,(H,37,43)(H,38,46)(H,39,44)(H,40,45)(H,41,47)(H,48,49)/t21-,24-,25-,26-,27-,28-/m0/s1. The highest BCUT2D eigenvalue weighted by atomic mass is 16.4. The van der Waals surface area contributed by atoms with Gasteiger partial charge in [-0.3, -0.25) is 24.0 Å². The third-order valence-corrected chi connectivity index (χ3v) is 7.57. The Morgan fingerprint density at radius 2 is 1.24 bits per heavy atom. The Morgan fingerprint density at radius 3 is 1.76 bits per heavy atom. The van der Waals surface area contributed by atoms with Gasteiger partial charge in [0.05, 0.1) is 6.04 Å². The van der Waals surface area contributed by atoms with E-state index in [0.717, 1.165) is 0 Å². The molecule has 0 radical (unpaired) electrons. The quantitative estimate of drug-likeness (QED) is 0.0563. The molecule has 0 saturated carbocycles. The second-order valence-electron chi connectivity index (χ2n) is 12.5. The van der Waals surface area contributed by atoms with Gasteiger partial charge in [-0.15, -0.1) is 6.58 Å². The monoisotopic (exact) mass is 689 g/mol. The van der Waals surface area contributed by atoms with Crippen molar-refractivity contribution < 1.29 is 39.0 Å². The average molecular weight is 690 g/mol. The predicted octanol–water partition coefficient (Wildman–Crippen LogP) is 0.342. The molecule has 1 rings (SSSR count). The van der Waals surface area contributed by atoms with Crippen LogP contribution in [0.1, 0.15) is 78.2 Å². The number of aromatic hydroxyl groups is 1. The fourth-order valence-corrected chi connectivity index (χ4v) is 4.88. The maximum absolute atomic E-state index is 13.6. The molecule has 49 heavy (non-hydrogen) atoms. The predicted molar refractivity (Wildman–Crippen MR) is 185 cm³/mol. The molecule has 0 fully saturated rings. The van der Waals surface area contributed by atoms with E-state index in [1.165, 1.54) is 25.1 Å². The van der Waals surface area contributed by atoms with Crippen molar-refractivity contribution >= 4 is 35.5 Å². The molecule has 0 spiro atoms. The van der Waals surface area contributed by atoms with Gasteiger partial charge in [0.1, 0.15) is 36.0 Å². The zero-order chi connectivity index (χ0) is 37.1. The van der Waals surface area contributed by atoms with Crippen LogP contribution in [0.15, 0.2) is 36.9 Å². The van der Waals surface area contributed by atoms with Crippen LogP contribution in [-0.4, -0.2) is 88.5 Å². The van der Waals surface area contributed by atoms with Gasteiger partial charge in [-0.05, 0) is 75.6 Å². The molecule has 5 amide bonds. The molecule has 0 aliphatic carbocycles. The largest absolute Gasteiger partial charge is 0.508 e. The number of carboxylic acid groups (broad SMARTS) is 1. The maximum atomic E-state index is 13.6. The number of hydrogen-bond donors (Lipinski definition) is 9. The molecule has 0 bridgehead atoms. The molecule has 15 heteroatoms. The van der Waals surface area contributed by atoms with Crippen molar-refractivity contribution in [2.75, 3.05) is 6.54 Å². The lowest BCUT2D eigenvalue weighted by Gasteiger charge is -2.27. The Hall–Kier alpha value is -4.50. The first kappa shape index (κ1) is 42.5. The SMILES string of the molecule is C=CC[C@H](NC(=O)[C@H](CCCCN)NC(=O)[C@H](CCC)NC(=O)[C@H](C)N)C(=O)N[C@@H](Cc1ccc(O)cc1)C(=O)N[C@@H](CC(C)C)C(=O)O. The first-order chi connectivity index (χ1) is 23.1. The fourth-order valence-electron chi connectivity index (χ4n) is 4.88. The number of phenols is 1. The topological polar surface area (TPSA) is 255 Å². The number of carbonyl (C=O) groups is 6. The zero-order valence-corrected chi connectivity index (χ0v) is 29.0. The first-order valence-corrected chi connectivity index (χ1v) is 16.7. The molecule has 6 atom stereocenters. The summed E-state index contributed by atoms with van der Waals surface area (Å²) in [6, 6.07) is -0.603. The number of amides is 5. The maximum Gasteiger partial charge on any atom is 0.326 e. The van der Waals surface area contributed by atoms with Crippen molar-refractivity contribution in [3.8, 4) is 5.75 Å². The van der Waals surface area contributed by atoms with Crippen LogP contribution in [0.5, 0.6) is 5.75 Å². The van der Waals surface area contributed by atoms with Gasteiger partial charge in [0.2, 0.25) is 29.5 Å². The van der Waals surface area contributed by atoms with Crippen LogP contribution in [0.4, 0.5) is 0 Å². The number of rotatable bonds is 23. The van der Waals surface area contributed by atoms with E-state index < -0.39 is 71.8 Å². The smallest absolute Gasteiger partial charge is 0.326 e. The van der Waals surface area contributed by atoms with Crippen LogP contribution in [0.3, 0.4) is 0 Å². The van der Waals surface area contributed by atoms with Crippen LogP contribution < -0.4 is 38.1 Å². The summed E-state index contributed by atoms with van der Waals surface area (Å²) in [5, 5.41) is 32.4. The van der Waals surface area contributed by atoms with E-state index in [4.69, 9.17) is 11.5 Å². The number of benzene rings is 1. The summed E-state index contributed by atoms with van der Waals surface area (Å²) in [7, 11) is 0. The summed E-state index contributed by atoms with van der Waals surface area (Å²) in [6.45, 7) is 11.0. The summed E-state index contributed by atoms with van der Waals surface area (Å²) >= 11 is 0. The van der Waals surface area contributed by atoms with Crippen molar-refractivity contribution in [2.45, 2.75) is 115 Å². The first-order valence-electron chi connectivity index (χ1n) is 16.7.